The number of hydrogen-bond acceptors (Lipinski definition) is 5. The summed E-state index contributed by atoms with van der Waals surface area (Å²) in [5.74, 6) is -0.290. The average molecular weight is 322 g/mol. The Labute approximate surface area is 130 Å². The van der Waals surface area contributed by atoms with E-state index in [1.807, 2.05) is 13.8 Å². The highest BCUT2D eigenvalue weighted by Gasteiger charge is 2.39. The van der Waals surface area contributed by atoms with Crippen LogP contribution in [0.15, 0.2) is 6.07 Å². The van der Waals surface area contributed by atoms with Crippen LogP contribution in [0.3, 0.4) is 0 Å². The van der Waals surface area contributed by atoms with Gasteiger partial charge in [-0.1, -0.05) is 0 Å². The molecule has 0 radical (unpaired) electrons. The molecule has 2 aromatic rings. The van der Waals surface area contributed by atoms with Crippen molar-refractivity contribution >= 4 is 5.82 Å². The number of aromatic nitrogens is 4. The van der Waals surface area contributed by atoms with Gasteiger partial charge < -0.3 is 9.47 Å². The zero-order valence-electron chi connectivity index (χ0n) is 12.5. The molecule has 1 aliphatic rings. The predicted octanol–water partition coefficient (Wildman–Crippen LogP) is 2.20. The van der Waals surface area contributed by atoms with E-state index in [1.54, 1.807) is 11.0 Å². The first-order chi connectivity index (χ1) is 10.8. The molecular weight excluding hydrogens is 309 g/mol. The zero-order chi connectivity index (χ0) is 16.8. The van der Waals surface area contributed by atoms with Gasteiger partial charge >= 0.3 is 6.18 Å². The summed E-state index contributed by atoms with van der Waals surface area (Å²) in [6, 6.07) is 3.92. The molecule has 2 aromatic heterocycles. The number of pyridine rings is 1. The normalized spacial score (nSPS) is 14.5. The first kappa shape index (κ1) is 15.3. The van der Waals surface area contributed by atoms with Gasteiger partial charge in [0.15, 0.2) is 5.82 Å². The van der Waals surface area contributed by atoms with Crippen LogP contribution in [0.25, 0.3) is 0 Å². The second-order valence-electron chi connectivity index (χ2n) is 5.40. The second kappa shape index (κ2) is 5.22. The molecule has 3 rings (SSSR count). The largest absolute Gasteiger partial charge is 0.451 e. The summed E-state index contributed by atoms with van der Waals surface area (Å²) in [6.07, 6.45) is -4.52. The summed E-state index contributed by atoms with van der Waals surface area (Å²) >= 11 is 0. The van der Waals surface area contributed by atoms with Crippen molar-refractivity contribution in [2.45, 2.75) is 33.1 Å². The van der Waals surface area contributed by atoms with E-state index >= 15 is 0 Å². The van der Waals surface area contributed by atoms with Crippen LogP contribution in [-0.2, 0) is 19.3 Å². The van der Waals surface area contributed by atoms with Crippen molar-refractivity contribution < 1.29 is 13.2 Å². The second-order valence-corrected chi connectivity index (χ2v) is 5.40. The minimum Gasteiger partial charge on any atom is -0.346 e. The van der Waals surface area contributed by atoms with Gasteiger partial charge in [-0.05, 0) is 25.5 Å². The Morgan fingerprint density at radius 1 is 1.22 bits per heavy atom. The Hall–Kier alpha value is -2.63. The highest BCUT2D eigenvalue weighted by molar-refractivity contribution is 5.58. The van der Waals surface area contributed by atoms with Gasteiger partial charge in [-0.3, -0.25) is 0 Å². The highest BCUT2D eigenvalue weighted by Crippen LogP contribution is 2.31. The SMILES string of the molecule is Cc1cc(C)c(C#N)c(N2CCn3c(nnc3C(F)(F)F)C2)n1. The van der Waals surface area contributed by atoms with Crippen molar-refractivity contribution in [1.82, 2.24) is 19.7 Å². The molecule has 0 unspecified atom stereocenters. The van der Waals surface area contributed by atoms with Crippen molar-refractivity contribution in [3.63, 3.8) is 0 Å². The van der Waals surface area contributed by atoms with E-state index in [1.165, 1.54) is 0 Å². The van der Waals surface area contributed by atoms with Crippen LogP contribution >= 0.6 is 0 Å². The highest BCUT2D eigenvalue weighted by atomic mass is 19.4. The number of rotatable bonds is 1. The van der Waals surface area contributed by atoms with E-state index in [9.17, 15) is 18.4 Å². The monoisotopic (exact) mass is 322 g/mol. The average Bonchev–Trinajstić information content (AvgIpc) is 2.89. The van der Waals surface area contributed by atoms with Crippen LogP contribution in [0.2, 0.25) is 0 Å². The van der Waals surface area contributed by atoms with E-state index in [-0.39, 0.29) is 18.9 Å². The number of nitrogens with zero attached hydrogens (tertiary/aromatic N) is 6. The predicted molar refractivity (Wildman–Crippen MR) is 74.5 cm³/mol. The number of anilines is 1. The molecular formula is C14H13F3N6. The molecule has 0 bridgehead atoms. The number of nitriles is 1. The van der Waals surface area contributed by atoms with E-state index < -0.39 is 12.0 Å². The van der Waals surface area contributed by atoms with Gasteiger partial charge in [0.1, 0.15) is 11.9 Å². The summed E-state index contributed by atoms with van der Waals surface area (Å²) in [5.41, 5.74) is 1.97. The van der Waals surface area contributed by atoms with Crippen molar-refractivity contribution in [1.29, 1.82) is 5.26 Å². The lowest BCUT2D eigenvalue weighted by Crippen LogP contribution is -2.36. The molecule has 9 heteroatoms. The van der Waals surface area contributed by atoms with Crippen molar-refractivity contribution in [3.05, 3.63) is 34.5 Å². The Morgan fingerprint density at radius 2 is 1.96 bits per heavy atom. The summed E-state index contributed by atoms with van der Waals surface area (Å²) < 4.78 is 39.7. The Morgan fingerprint density at radius 3 is 2.61 bits per heavy atom. The van der Waals surface area contributed by atoms with Crippen LogP contribution in [0, 0.1) is 25.2 Å². The van der Waals surface area contributed by atoms with E-state index in [4.69, 9.17) is 0 Å². The van der Waals surface area contributed by atoms with Gasteiger partial charge in [-0.15, -0.1) is 10.2 Å². The maximum Gasteiger partial charge on any atom is 0.451 e. The van der Waals surface area contributed by atoms with Crippen LogP contribution in [-0.4, -0.2) is 26.3 Å². The lowest BCUT2D eigenvalue weighted by Gasteiger charge is -2.30. The first-order valence-electron chi connectivity index (χ1n) is 6.94. The van der Waals surface area contributed by atoms with Crippen LogP contribution in [0.5, 0.6) is 0 Å². The Balaban J connectivity index is 1.98. The van der Waals surface area contributed by atoms with Crippen LogP contribution < -0.4 is 4.90 Å². The molecule has 6 nitrogen and oxygen atoms in total. The minimum absolute atomic E-state index is 0.0940. The quantitative estimate of drug-likeness (QED) is 0.805. The summed E-state index contributed by atoms with van der Waals surface area (Å²) in [6.45, 7) is 4.15. The van der Waals surface area contributed by atoms with Crippen LogP contribution in [0.4, 0.5) is 19.0 Å². The maximum absolute atomic E-state index is 12.9. The first-order valence-corrected chi connectivity index (χ1v) is 6.94. The fraction of sp³-hybridized carbons (Fsp3) is 0.429. The van der Waals surface area contributed by atoms with Gasteiger partial charge in [0.05, 0.1) is 12.1 Å². The molecule has 0 fully saturated rings. The third-order valence-electron chi connectivity index (χ3n) is 3.74. The molecule has 1 aliphatic heterocycles. The third-order valence-corrected chi connectivity index (χ3v) is 3.74. The van der Waals surface area contributed by atoms with Crippen molar-refractivity contribution in [2.75, 3.05) is 11.4 Å². The lowest BCUT2D eigenvalue weighted by molar-refractivity contribution is -0.147. The molecule has 120 valence electrons. The smallest absolute Gasteiger partial charge is 0.346 e. The number of alkyl halides is 3. The van der Waals surface area contributed by atoms with Gasteiger partial charge in [0.2, 0.25) is 5.82 Å². The molecule has 0 saturated carbocycles. The molecule has 0 spiro atoms. The van der Waals surface area contributed by atoms with Crippen molar-refractivity contribution in [2.24, 2.45) is 0 Å². The standard InChI is InChI=1S/C14H13F3N6/c1-8-5-9(2)19-12(10(8)6-18)22-3-4-23-11(7-22)20-21-13(23)14(15,16)17/h5H,3-4,7H2,1-2H3. The minimum atomic E-state index is -4.52. The Kier molecular flexibility index (Phi) is 3.47. The summed E-state index contributed by atoms with van der Waals surface area (Å²) in [7, 11) is 0. The van der Waals surface area contributed by atoms with E-state index in [2.05, 4.69) is 21.3 Å². The molecule has 0 N–H and O–H groups in total. The number of hydrogen-bond donors (Lipinski definition) is 0. The molecule has 0 aliphatic carbocycles. The molecule has 0 saturated heterocycles. The van der Waals surface area contributed by atoms with Gasteiger partial charge in [-0.25, -0.2) is 4.98 Å². The number of fused-ring (bicyclic) bond motifs is 1. The lowest BCUT2D eigenvalue weighted by atomic mass is 10.1. The van der Waals surface area contributed by atoms with Gasteiger partial charge in [0.25, 0.3) is 0 Å². The number of halogens is 3. The zero-order valence-corrected chi connectivity index (χ0v) is 12.5. The summed E-state index contributed by atoms with van der Waals surface area (Å²) in [4.78, 5) is 6.15. The number of aryl methyl sites for hydroxylation is 2. The van der Waals surface area contributed by atoms with Crippen molar-refractivity contribution in [3.8, 4) is 6.07 Å². The molecule has 23 heavy (non-hydrogen) atoms. The fourth-order valence-electron chi connectivity index (χ4n) is 2.73. The molecule has 3 heterocycles. The van der Waals surface area contributed by atoms with Crippen LogP contribution in [0.1, 0.15) is 28.5 Å². The Bertz CT molecular complexity index is 802. The van der Waals surface area contributed by atoms with Gasteiger partial charge in [0, 0.05) is 18.8 Å². The maximum atomic E-state index is 12.9. The molecule has 0 atom stereocenters. The van der Waals surface area contributed by atoms with E-state index in [0.29, 0.717) is 17.9 Å². The molecule has 0 aromatic carbocycles. The fourth-order valence-corrected chi connectivity index (χ4v) is 2.73. The third kappa shape index (κ3) is 2.60. The van der Waals surface area contributed by atoms with Gasteiger partial charge in [-0.2, -0.15) is 18.4 Å². The molecule has 0 amide bonds. The van der Waals surface area contributed by atoms with E-state index in [0.717, 1.165) is 15.8 Å². The summed E-state index contributed by atoms with van der Waals surface area (Å²) in [5, 5.41) is 16.2. The topological polar surface area (TPSA) is 70.6 Å².